The number of aromatic nitrogens is 2. The zero-order chi connectivity index (χ0) is 20.0. The summed E-state index contributed by atoms with van der Waals surface area (Å²) in [7, 11) is -3.16. The third-order valence-electron chi connectivity index (χ3n) is 5.09. The van der Waals surface area contributed by atoms with Gasteiger partial charge in [-0.25, -0.2) is 8.42 Å². The average molecular weight is 408 g/mol. The summed E-state index contributed by atoms with van der Waals surface area (Å²) in [6.07, 6.45) is 7.43. The molecule has 0 unspecified atom stereocenters. The predicted molar refractivity (Wildman–Crippen MR) is 108 cm³/mol. The van der Waals surface area contributed by atoms with E-state index in [1.54, 1.807) is 24.3 Å². The predicted octanol–water partition coefficient (Wildman–Crippen LogP) is 3.50. The summed E-state index contributed by atoms with van der Waals surface area (Å²) in [4.78, 5) is 6.97. The van der Waals surface area contributed by atoms with Gasteiger partial charge in [0.25, 0.3) is 0 Å². The van der Waals surface area contributed by atoms with Crippen LogP contribution in [-0.2, 0) is 16.3 Å². The number of hydrogen-bond donors (Lipinski definition) is 0. The first-order valence-electron chi connectivity index (χ1n) is 9.96. The maximum Gasteiger partial charge on any atom is 0.324 e. The van der Waals surface area contributed by atoms with Crippen LogP contribution in [0.15, 0.2) is 33.7 Å². The maximum atomic E-state index is 11.5. The Morgan fingerprint density at radius 2 is 1.93 bits per heavy atom. The molecule has 0 spiro atoms. The van der Waals surface area contributed by atoms with Crippen LogP contribution in [0.5, 0.6) is 5.75 Å². The highest BCUT2D eigenvalue weighted by Gasteiger charge is 2.22. The van der Waals surface area contributed by atoms with Crippen molar-refractivity contribution < 1.29 is 17.7 Å². The van der Waals surface area contributed by atoms with Gasteiger partial charge in [-0.15, -0.1) is 0 Å². The summed E-state index contributed by atoms with van der Waals surface area (Å²) in [5.74, 6) is 2.19. The van der Waals surface area contributed by atoms with Gasteiger partial charge in [-0.05, 0) is 62.3 Å². The molecule has 7 nitrogen and oxygen atoms in total. The number of aryl methyl sites for hydroxylation is 1. The van der Waals surface area contributed by atoms with E-state index in [0.717, 1.165) is 57.4 Å². The molecule has 154 valence electrons. The number of piperidine rings is 1. The van der Waals surface area contributed by atoms with E-state index in [0.29, 0.717) is 29.2 Å². The smallest absolute Gasteiger partial charge is 0.324 e. The molecule has 2 heterocycles. The van der Waals surface area contributed by atoms with E-state index < -0.39 is 9.84 Å². The molecule has 3 rings (SSSR count). The van der Waals surface area contributed by atoms with E-state index >= 15 is 0 Å². The molecule has 1 aliphatic heterocycles. The summed E-state index contributed by atoms with van der Waals surface area (Å²) in [5.41, 5.74) is 0. The van der Waals surface area contributed by atoms with Gasteiger partial charge in [0.2, 0.25) is 0 Å². The van der Waals surface area contributed by atoms with Crippen molar-refractivity contribution in [2.75, 3.05) is 30.9 Å². The Labute approximate surface area is 167 Å². The van der Waals surface area contributed by atoms with Crippen LogP contribution in [0.2, 0.25) is 0 Å². The molecule has 0 radical (unpaired) electrons. The molecule has 0 aliphatic carbocycles. The second-order valence-corrected chi connectivity index (χ2v) is 9.42. The van der Waals surface area contributed by atoms with Crippen molar-refractivity contribution in [1.29, 1.82) is 0 Å². The van der Waals surface area contributed by atoms with Crippen LogP contribution >= 0.6 is 0 Å². The van der Waals surface area contributed by atoms with Crippen molar-refractivity contribution in [2.24, 2.45) is 5.92 Å². The Morgan fingerprint density at radius 3 is 2.57 bits per heavy atom. The van der Waals surface area contributed by atoms with Gasteiger partial charge in [0.1, 0.15) is 5.75 Å². The first-order chi connectivity index (χ1) is 13.5. The van der Waals surface area contributed by atoms with Gasteiger partial charge in [0.15, 0.2) is 15.7 Å². The number of hydrogen-bond acceptors (Lipinski definition) is 7. The zero-order valence-corrected chi connectivity index (χ0v) is 17.5. The fourth-order valence-corrected chi connectivity index (χ4v) is 4.09. The van der Waals surface area contributed by atoms with Crippen molar-refractivity contribution in [1.82, 2.24) is 10.1 Å². The molecule has 8 heteroatoms. The van der Waals surface area contributed by atoms with Crippen molar-refractivity contribution in [3.8, 4) is 5.75 Å². The third-order valence-corrected chi connectivity index (χ3v) is 6.22. The van der Waals surface area contributed by atoms with Gasteiger partial charge in [-0.3, -0.25) is 0 Å². The molecular weight excluding hydrogens is 378 g/mol. The lowest BCUT2D eigenvalue weighted by Crippen LogP contribution is -2.34. The summed E-state index contributed by atoms with van der Waals surface area (Å²) >= 11 is 0. The molecule has 0 N–H and O–H groups in total. The largest absolute Gasteiger partial charge is 0.494 e. The van der Waals surface area contributed by atoms with Gasteiger partial charge >= 0.3 is 6.01 Å². The van der Waals surface area contributed by atoms with Crippen molar-refractivity contribution in [2.45, 2.75) is 50.3 Å². The number of anilines is 1. The SMILES string of the molecule is CCCc1noc(N2CCC(CCCOc3ccc(S(C)(=O)=O)cc3)CC2)n1. The standard InChI is InChI=1S/C20H29N3O4S/c1-3-5-19-21-20(27-22-19)23-13-11-16(12-14-23)6-4-15-26-17-7-9-18(10-8-17)28(2,24)25/h7-10,16H,3-6,11-15H2,1-2H3. The zero-order valence-electron chi connectivity index (χ0n) is 16.6. The van der Waals surface area contributed by atoms with Crippen LogP contribution in [0.4, 0.5) is 6.01 Å². The number of sulfone groups is 1. The van der Waals surface area contributed by atoms with E-state index in [9.17, 15) is 8.42 Å². The normalized spacial score (nSPS) is 15.7. The Morgan fingerprint density at radius 1 is 1.21 bits per heavy atom. The third kappa shape index (κ3) is 5.70. The first-order valence-corrected chi connectivity index (χ1v) is 11.9. The van der Waals surface area contributed by atoms with Gasteiger partial charge in [-0.1, -0.05) is 12.1 Å². The maximum absolute atomic E-state index is 11.5. The molecule has 1 fully saturated rings. The Bertz CT molecular complexity index is 841. The molecule has 28 heavy (non-hydrogen) atoms. The molecule has 0 saturated carbocycles. The number of benzene rings is 1. The highest BCUT2D eigenvalue weighted by molar-refractivity contribution is 7.90. The quantitative estimate of drug-likeness (QED) is 0.588. The van der Waals surface area contributed by atoms with Crippen LogP contribution in [0.1, 0.15) is 44.9 Å². The minimum Gasteiger partial charge on any atom is -0.494 e. The monoisotopic (exact) mass is 407 g/mol. The molecule has 0 atom stereocenters. The van der Waals surface area contributed by atoms with Crippen LogP contribution in [0.25, 0.3) is 0 Å². The fourth-order valence-electron chi connectivity index (χ4n) is 3.46. The molecule has 1 aliphatic rings. The van der Waals surface area contributed by atoms with Gasteiger partial charge in [-0.2, -0.15) is 4.98 Å². The van der Waals surface area contributed by atoms with E-state index in [-0.39, 0.29) is 0 Å². The average Bonchev–Trinajstić information content (AvgIpc) is 3.14. The lowest BCUT2D eigenvalue weighted by molar-refractivity contribution is 0.276. The highest BCUT2D eigenvalue weighted by Crippen LogP contribution is 2.25. The Kier molecular flexibility index (Phi) is 6.93. The minimum atomic E-state index is -3.16. The molecule has 0 amide bonds. The highest BCUT2D eigenvalue weighted by atomic mass is 32.2. The molecule has 1 aromatic carbocycles. The second-order valence-electron chi connectivity index (χ2n) is 7.41. The van der Waals surface area contributed by atoms with E-state index in [1.807, 2.05) is 0 Å². The minimum absolute atomic E-state index is 0.315. The number of nitrogens with zero attached hydrogens (tertiary/aromatic N) is 3. The summed E-state index contributed by atoms with van der Waals surface area (Å²) < 4.78 is 34.1. The molecular formula is C20H29N3O4S. The van der Waals surface area contributed by atoms with Crippen LogP contribution in [-0.4, -0.2) is 44.5 Å². The van der Waals surface area contributed by atoms with Gasteiger partial charge in [0.05, 0.1) is 11.5 Å². The van der Waals surface area contributed by atoms with E-state index in [2.05, 4.69) is 22.0 Å². The van der Waals surface area contributed by atoms with Crippen LogP contribution < -0.4 is 9.64 Å². The van der Waals surface area contributed by atoms with Gasteiger partial charge < -0.3 is 14.2 Å². The first kappa shape index (κ1) is 20.6. The summed E-state index contributed by atoms with van der Waals surface area (Å²) in [6.45, 7) is 4.65. The van der Waals surface area contributed by atoms with Crippen LogP contribution in [0.3, 0.4) is 0 Å². The van der Waals surface area contributed by atoms with E-state index in [4.69, 9.17) is 9.26 Å². The van der Waals surface area contributed by atoms with Gasteiger partial charge in [0, 0.05) is 25.8 Å². The number of ether oxygens (including phenoxy) is 1. The topological polar surface area (TPSA) is 85.5 Å². The van der Waals surface area contributed by atoms with Crippen molar-refractivity contribution in [3.63, 3.8) is 0 Å². The molecule has 1 aromatic heterocycles. The summed E-state index contributed by atoms with van der Waals surface area (Å²) in [6, 6.07) is 7.26. The lowest BCUT2D eigenvalue weighted by atomic mass is 9.92. The van der Waals surface area contributed by atoms with Crippen molar-refractivity contribution >= 4 is 15.9 Å². The molecule has 0 bridgehead atoms. The second kappa shape index (κ2) is 9.41. The lowest BCUT2D eigenvalue weighted by Gasteiger charge is -2.30. The molecule has 1 saturated heterocycles. The van der Waals surface area contributed by atoms with E-state index in [1.165, 1.54) is 6.26 Å². The molecule has 2 aromatic rings. The Hall–Kier alpha value is -2.09. The fraction of sp³-hybridized carbons (Fsp3) is 0.600. The van der Waals surface area contributed by atoms with Crippen molar-refractivity contribution in [3.05, 3.63) is 30.1 Å². The number of rotatable bonds is 9. The van der Waals surface area contributed by atoms with Crippen LogP contribution in [0, 0.1) is 5.92 Å². The summed E-state index contributed by atoms with van der Waals surface area (Å²) in [5, 5.41) is 4.03. The Balaban J connectivity index is 1.35.